The Hall–Kier alpha value is -0.0800. The van der Waals surface area contributed by atoms with Crippen molar-refractivity contribution in [3.05, 3.63) is 34.6 Å². The zero-order valence-electron chi connectivity index (χ0n) is 8.77. The van der Waals surface area contributed by atoms with Crippen LogP contribution in [0.5, 0.6) is 0 Å². The molecule has 1 aromatic rings. The van der Waals surface area contributed by atoms with Crippen LogP contribution in [0.25, 0.3) is 0 Å². The molecule has 0 N–H and O–H groups in total. The second-order valence-corrected chi connectivity index (χ2v) is 5.36. The Morgan fingerprint density at radius 1 is 1.40 bits per heavy atom. The molecule has 3 heteroatoms. The molecule has 1 aromatic carbocycles. The van der Waals surface area contributed by atoms with Crippen LogP contribution in [-0.2, 0) is 6.42 Å². The molecule has 0 radical (unpaired) electrons. The minimum absolute atomic E-state index is 0.212. The molecular formula is C12H15BrClF. The lowest BCUT2D eigenvalue weighted by Gasteiger charge is -2.09. The van der Waals surface area contributed by atoms with E-state index in [1.54, 1.807) is 6.07 Å². The lowest BCUT2D eigenvalue weighted by molar-refractivity contribution is 0.623. The summed E-state index contributed by atoms with van der Waals surface area (Å²) in [6.07, 6.45) is 4.13. The number of hydrogen-bond acceptors (Lipinski definition) is 0. The summed E-state index contributed by atoms with van der Waals surface area (Å²) in [5, 5.41) is 0.660. The van der Waals surface area contributed by atoms with Gasteiger partial charge in [0.25, 0.3) is 0 Å². The van der Waals surface area contributed by atoms with Gasteiger partial charge in [-0.25, -0.2) is 4.39 Å². The van der Waals surface area contributed by atoms with Crippen LogP contribution in [0.15, 0.2) is 18.2 Å². The third-order valence-electron chi connectivity index (χ3n) is 2.34. The SMILES string of the molecule is CCCC(Br)CCc1cc(F)ccc1Cl. The average molecular weight is 294 g/mol. The van der Waals surface area contributed by atoms with E-state index in [-0.39, 0.29) is 5.82 Å². The van der Waals surface area contributed by atoms with Crippen LogP contribution in [0.3, 0.4) is 0 Å². The molecule has 1 atom stereocenters. The van der Waals surface area contributed by atoms with Crippen LogP contribution in [-0.4, -0.2) is 4.83 Å². The van der Waals surface area contributed by atoms with Crippen molar-refractivity contribution in [2.24, 2.45) is 0 Å². The maximum absolute atomic E-state index is 12.9. The Bertz CT molecular complexity index is 314. The molecule has 0 amide bonds. The molecule has 15 heavy (non-hydrogen) atoms. The topological polar surface area (TPSA) is 0 Å². The summed E-state index contributed by atoms with van der Waals surface area (Å²) in [4.78, 5) is 0.502. The van der Waals surface area contributed by atoms with Gasteiger partial charge in [-0.1, -0.05) is 40.9 Å². The van der Waals surface area contributed by atoms with Crippen LogP contribution >= 0.6 is 27.5 Å². The average Bonchev–Trinajstić information content (AvgIpc) is 2.20. The highest BCUT2D eigenvalue weighted by atomic mass is 79.9. The predicted molar refractivity (Wildman–Crippen MR) is 67.4 cm³/mol. The van der Waals surface area contributed by atoms with Crippen molar-refractivity contribution >= 4 is 27.5 Å². The number of aryl methyl sites for hydroxylation is 1. The quantitative estimate of drug-likeness (QED) is 0.672. The number of halogens is 3. The highest BCUT2D eigenvalue weighted by molar-refractivity contribution is 9.09. The highest BCUT2D eigenvalue weighted by Gasteiger charge is 2.06. The Balaban J connectivity index is 2.53. The molecule has 0 spiro atoms. The summed E-state index contributed by atoms with van der Waals surface area (Å²) in [5.74, 6) is -0.212. The van der Waals surface area contributed by atoms with Crippen LogP contribution in [0, 0.1) is 5.82 Å². The molecule has 0 aromatic heterocycles. The van der Waals surface area contributed by atoms with E-state index >= 15 is 0 Å². The molecule has 0 saturated carbocycles. The predicted octanol–water partition coefficient (Wildman–Crippen LogP) is 4.98. The Labute approximate surface area is 104 Å². The van der Waals surface area contributed by atoms with E-state index in [2.05, 4.69) is 22.9 Å². The fourth-order valence-corrected chi connectivity index (χ4v) is 2.40. The Morgan fingerprint density at radius 2 is 2.13 bits per heavy atom. The summed E-state index contributed by atoms with van der Waals surface area (Å²) in [6.45, 7) is 2.16. The zero-order valence-corrected chi connectivity index (χ0v) is 11.1. The molecular weight excluding hydrogens is 278 g/mol. The summed E-state index contributed by atoms with van der Waals surface area (Å²) in [5.41, 5.74) is 0.900. The largest absolute Gasteiger partial charge is 0.207 e. The second-order valence-electron chi connectivity index (χ2n) is 3.66. The van der Waals surface area contributed by atoms with Gasteiger partial charge in [0, 0.05) is 9.85 Å². The number of alkyl halides is 1. The van der Waals surface area contributed by atoms with Crippen LogP contribution in [0.1, 0.15) is 31.7 Å². The number of benzene rings is 1. The zero-order chi connectivity index (χ0) is 11.3. The Morgan fingerprint density at radius 3 is 2.80 bits per heavy atom. The first kappa shape index (κ1) is 13.0. The van der Waals surface area contributed by atoms with Gasteiger partial charge in [0.05, 0.1) is 0 Å². The third kappa shape index (κ3) is 4.52. The monoisotopic (exact) mass is 292 g/mol. The first-order valence-corrected chi connectivity index (χ1v) is 6.51. The highest BCUT2D eigenvalue weighted by Crippen LogP contribution is 2.21. The van der Waals surface area contributed by atoms with E-state index in [1.165, 1.54) is 12.1 Å². The third-order valence-corrected chi connectivity index (χ3v) is 3.62. The molecule has 0 heterocycles. The van der Waals surface area contributed by atoms with Gasteiger partial charge in [0.15, 0.2) is 0 Å². The molecule has 0 aliphatic heterocycles. The summed E-state index contributed by atoms with van der Waals surface area (Å²) < 4.78 is 12.9. The maximum Gasteiger partial charge on any atom is 0.123 e. The minimum atomic E-state index is -0.212. The van der Waals surface area contributed by atoms with E-state index in [0.717, 1.165) is 31.2 Å². The van der Waals surface area contributed by atoms with E-state index in [0.29, 0.717) is 9.85 Å². The van der Waals surface area contributed by atoms with Gasteiger partial charge in [-0.2, -0.15) is 0 Å². The first-order chi connectivity index (χ1) is 7.13. The molecule has 1 rings (SSSR count). The van der Waals surface area contributed by atoms with E-state index in [4.69, 9.17) is 11.6 Å². The summed E-state index contributed by atoms with van der Waals surface area (Å²) in [6, 6.07) is 4.53. The van der Waals surface area contributed by atoms with E-state index < -0.39 is 0 Å². The van der Waals surface area contributed by atoms with Gasteiger partial charge in [0.2, 0.25) is 0 Å². The molecule has 0 aliphatic carbocycles. The van der Waals surface area contributed by atoms with Crippen molar-refractivity contribution in [3.63, 3.8) is 0 Å². The fourth-order valence-electron chi connectivity index (χ4n) is 1.50. The van der Waals surface area contributed by atoms with Crippen molar-refractivity contribution in [1.82, 2.24) is 0 Å². The van der Waals surface area contributed by atoms with Crippen molar-refractivity contribution in [2.45, 2.75) is 37.4 Å². The lowest BCUT2D eigenvalue weighted by Crippen LogP contribution is -2.00. The number of rotatable bonds is 5. The lowest BCUT2D eigenvalue weighted by atomic mass is 10.1. The molecule has 0 aliphatic rings. The van der Waals surface area contributed by atoms with Crippen molar-refractivity contribution < 1.29 is 4.39 Å². The van der Waals surface area contributed by atoms with Crippen LogP contribution in [0.4, 0.5) is 4.39 Å². The summed E-state index contributed by atoms with van der Waals surface area (Å²) >= 11 is 9.58. The standard InChI is InChI=1S/C12H15BrClF/c1-2-3-10(13)5-4-9-8-11(15)6-7-12(9)14/h6-8,10H,2-5H2,1H3. The fraction of sp³-hybridized carbons (Fsp3) is 0.500. The molecule has 0 bridgehead atoms. The smallest absolute Gasteiger partial charge is 0.123 e. The maximum atomic E-state index is 12.9. The van der Waals surface area contributed by atoms with Gasteiger partial charge in [0.1, 0.15) is 5.82 Å². The van der Waals surface area contributed by atoms with Gasteiger partial charge in [-0.15, -0.1) is 0 Å². The van der Waals surface area contributed by atoms with Gasteiger partial charge in [-0.05, 0) is 43.0 Å². The molecule has 0 fully saturated rings. The van der Waals surface area contributed by atoms with Crippen LogP contribution < -0.4 is 0 Å². The van der Waals surface area contributed by atoms with Crippen molar-refractivity contribution in [3.8, 4) is 0 Å². The van der Waals surface area contributed by atoms with E-state index in [1.807, 2.05) is 0 Å². The molecule has 84 valence electrons. The van der Waals surface area contributed by atoms with Gasteiger partial charge >= 0.3 is 0 Å². The molecule has 0 nitrogen and oxygen atoms in total. The van der Waals surface area contributed by atoms with Gasteiger partial charge in [-0.3, -0.25) is 0 Å². The summed E-state index contributed by atoms with van der Waals surface area (Å²) in [7, 11) is 0. The minimum Gasteiger partial charge on any atom is -0.207 e. The number of hydrogen-bond donors (Lipinski definition) is 0. The van der Waals surface area contributed by atoms with Gasteiger partial charge < -0.3 is 0 Å². The van der Waals surface area contributed by atoms with E-state index in [9.17, 15) is 4.39 Å². The van der Waals surface area contributed by atoms with Crippen molar-refractivity contribution in [2.75, 3.05) is 0 Å². The van der Waals surface area contributed by atoms with Crippen molar-refractivity contribution in [1.29, 1.82) is 0 Å². The van der Waals surface area contributed by atoms with Crippen LogP contribution in [0.2, 0.25) is 5.02 Å². The molecule has 1 unspecified atom stereocenters. The molecule has 0 saturated heterocycles. The second kappa shape index (κ2) is 6.49. The first-order valence-electron chi connectivity index (χ1n) is 5.21. The normalized spacial score (nSPS) is 12.8. The Kier molecular flexibility index (Phi) is 5.62.